The lowest BCUT2D eigenvalue weighted by Gasteiger charge is -2.18. The van der Waals surface area contributed by atoms with E-state index in [0.717, 1.165) is 17.7 Å². The van der Waals surface area contributed by atoms with Crippen LogP contribution in [0, 0.1) is 0 Å². The summed E-state index contributed by atoms with van der Waals surface area (Å²) in [5.41, 5.74) is 2.60. The molecule has 0 bridgehead atoms. The average Bonchev–Trinajstić information content (AvgIpc) is 2.36. The van der Waals surface area contributed by atoms with E-state index in [1.165, 1.54) is 0 Å². The number of hydrogen-bond acceptors (Lipinski definition) is 3. The fraction of sp³-hybridized carbons (Fsp3) is 0.417. The molecule has 2 rings (SSSR count). The molecule has 0 aromatic heterocycles. The first-order chi connectivity index (χ1) is 8.20. The number of carbonyl (C=O) groups excluding carboxylic acids is 1. The van der Waals surface area contributed by atoms with Crippen molar-refractivity contribution < 1.29 is 9.90 Å². The largest absolute Gasteiger partial charge is 0.390 e. The SMILES string of the molecule is O=C1NCCc2ccc(NCC(O)CCl)cc21. The van der Waals surface area contributed by atoms with Crippen molar-refractivity contribution in [3.05, 3.63) is 29.3 Å². The third-order valence-electron chi connectivity index (χ3n) is 2.75. The molecule has 3 N–H and O–H groups in total. The van der Waals surface area contributed by atoms with Gasteiger partial charge in [-0.25, -0.2) is 0 Å². The molecule has 4 nitrogen and oxygen atoms in total. The monoisotopic (exact) mass is 254 g/mol. The molecule has 1 aromatic carbocycles. The van der Waals surface area contributed by atoms with Gasteiger partial charge in [0, 0.05) is 24.3 Å². The summed E-state index contributed by atoms with van der Waals surface area (Å²) in [4.78, 5) is 11.6. The van der Waals surface area contributed by atoms with Gasteiger partial charge < -0.3 is 15.7 Å². The molecule has 1 aliphatic heterocycles. The van der Waals surface area contributed by atoms with Crippen LogP contribution in [0.1, 0.15) is 15.9 Å². The first-order valence-electron chi connectivity index (χ1n) is 5.59. The van der Waals surface area contributed by atoms with Crippen molar-refractivity contribution in [2.75, 3.05) is 24.3 Å². The molecule has 0 radical (unpaired) electrons. The second-order valence-electron chi connectivity index (χ2n) is 4.07. The van der Waals surface area contributed by atoms with Gasteiger partial charge in [-0.2, -0.15) is 0 Å². The summed E-state index contributed by atoms with van der Waals surface area (Å²) in [5, 5.41) is 15.2. The summed E-state index contributed by atoms with van der Waals surface area (Å²) in [6.07, 6.45) is 0.285. The van der Waals surface area contributed by atoms with Gasteiger partial charge in [0.1, 0.15) is 0 Å². The molecular weight excluding hydrogens is 240 g/mol. The fourth-order valence-corrected chi connectivity index (χ4v) is 1.92. The highest BCUT2D eigenvalue weighted by Gasteiger charge is 2.16. The summed E-state index contributed by atoms with van der Waals surface area (Å²) in [6.45, 7) is 1.08. The highest BCUT2D eigenvalue weighted by molar-refractivity contribution is 6.18. The number of amides is 1. The Balaban J connectivity index is 2.10. The van der Waals surface area contributed by atoms with Crippen LogP contribution in [0.3, 0.4) is 0 Å². The zero-order chi connectivity index (χ0) is 12.3. The maximum atomic E-state index is 11.6. The molecule has 5 heteroatoms. The van der Waals surface area contributed by atoms with Crippen LogP contribution >= 0.6 is 11.6 Å². The van der Waals surface area contributed by atoms with Crippen LogP contribution in [-0.4, -0.2) is 36.1 Å². The lowest BCUT2D eigenvalue weighted by molar-refractivity contribution is 0.0946. The van der Waals surface area contributed by atoms with E-state index in [9.17, 15) is 9.90 Å². The number of rotatable bonds is 4. The third-order valence-corrected chi connectivity index (χ3v) is 3.11. The number of hydrogen-bond donors (Lipinski definition) is 3. The normalized spacial score (nSPS) is 16.0. The lowest BCUT2D eigenvalue weighted by Crippen LogP contribution is -2.31. The van der Waals surface area contributed by atoms with Crippen LogP contribution < -0.4 is 10.6 Å². The highest BCUT2D eigenvalue weighted by atomic mass is 35.5. The summed E-state index contributed by atoms with van der Waals surface area (Å²) in [6, 6.07) is 5.67. The van der Waals surface area contributed by atoms with Gasteiger partial charge in [-0.15, -0.1) is 11.6 Å². The number of alkyl halides is 1. The standard InChI is InChI=1S/C12H15ClN2O2/c13-6-10(16)7-15-9-2-1-8-3-4-14-12(17)11(8)5-9/h1-2,5,10,15-16H,3-4,6-7H2,(H,14,17). The molecule has 1 unspecified atom stereocenters. The molecular formula is C12H15ClN2O2. The smallest absolute Gasteiger partial charge is 0.251 e. The van der Waals surface area contributed by atoms with E-state index in [1.807, 2.05) is 18.2 Å². The van der Waals surface area contributed by atoms with E-state index in [0.29, 0.717) is 18.7 Å². The average molecular weight is 255 g/mol. The number of fused-ring (bicyclic) bond motifs is 1. The Morgan fingerprint density at radius 2 is 2.35 bits per heavy atom. The Kier molecular flexibility index (Phi) is 3.86. The van der Waals surface area contributed by atoms with Gasteiger partial charge in [0.2, 0.25) is 0 Å². The maximum Gasteiger partial charge on any atom is 0.251 e. The van der Waals surface area contributed by atoms with Crippen LogP contribution in [0.5, 0.6) is 0 Å². The molecule has 92 valence electrons. The molecule has 1 aromatic rings. The van der Waals surface area contributed by atoms with Gasteiger partial charge in [0.25, 0.3) is 5.91 Å². The number of aliphatic hydroxyl groups excluding tert-OH is 1. The van der Waals surface area contributed by atoms with Crippen molar-refractivity contribution in [1.29, 1.82) is 0 Å². The van der Waals surface area contributed by atoms with Crippen molar-refractivity contribution in [1.82, 2.24) is 5.32 Å². The van der Waals surface area contributed by atoms with E-state index in [2.05, 4.69) is 10.6 Å². The number of nitrogens with one attached hydrogen (secondary N) is 2. The summed E-state index contributed by atoms with van der Waals surface area (Å²) >= 11 is 5.50. The van der Waals surface area contributed by atoms with E-state index in [4.69, 9.17) is 11.6 Å². The van der Waals surface area contributed by atoms with Crippen molar-refractivity contribution in [2.24, 2.45) is 0 Å². The first-order valence-corrected chi connectivity index (χ1v) is 6.13. The predicted molar refractivity (Wildman–Crippen MR) is 67.7 cm³/mol. The van der Waals surface area contributed by atoms with Gasteiger partial charge in [0.15, 0.2) is 0 Å². The van der Waals surface area contributed by atoms with Crippen LogP contribution in [0.15, 0.2) is 18.2 Å². The number of carbonyl (C=O) groups is 1. The van der Waals surface area contributed by atoms with Crippen LogP contribution in [0.4, 0.5) is 5.69 Å². The van der Waals surface area contributed by atoms with Gasteiger partial charge >= 0.3 is 0 Å². The molecule has 0 spiro atoms. The van der Waals surface area contributed by atoms with Crippen LogP contribution in [-0.2, 0) is 6.42 Å². The molecule has 0 aliphatic carbocycles. The Hall–Kier alpha value is -1.26. The zero-order valence-electron chi connectivity index (χ0n) is 9.37. The van der Waals surface area contributed by atoms with Gasteiger partial charge in [-0.05, 0) is 24.1 Å². The van der Waals surface area contributed by atoms with Crippen molar-refractivity contribution in [3.8, 4) is 0 Å². The maximum absolute atomic E-state index is 11.6. The Labute approximate surface area is 105 Å². The minimum Gasteiger partial charge on any atom is -0.390 e. The van der Waals surface area contributed by atoms with E-state index >= 15 is 0 Å². The van der Waals surface area contributed by atoms with Gasteiger partial charge in [-0.3, -0.25) is 4.79 Å². The highest BCUT2D eigenvalue weighted by Crippen LogP contribution is 2.19. The quantitative estimate of drug-likeness (QED) is 0.702. The van der Waals surface area contributed by atoms with Crippen molar-refractivity contribution in [3.63, 3.8) is 0 Å². The molecule has 1 atom stereocenters. The van der Waals surface area contributed by atoms with Crippen molar-refractivity contribution in [2.45, 2.75) is 12.5 Å². The number of halogens is 1. The fourth-order valence-electron chi connectivity index (χ4n) is 1.81. The lowest BCUT2D eigenvalue weighted by atomic mass is 10.00. The first kappa shape index (κ1) is 12.2. The Bertz CT molecular complexity index is 423. The minimum absolute atomic E-state index is 0.0345. The predicted octanol–water partition coefficient (Wildman–Crippen LogP) is 0.984. The van der Waals surface area contributed by atoms with Gasteiger partial charge in [-0.1, -0.05) is 6.07 Å². The van der Waals surface area contributed by atoms with E-state index in [-0.39, 0.29) is 11.8 Å². The summed E-state index contributed by atoms with van der Waals surface area (Å²) in [7, 11) is 0. The minimum atomic E-state index is -0.582. The molecule has 0 fully saturated rings. The van der Waals surface area contributed by atoms with Crippen LogP contribution in [0.25, 0.3) is 0 Å². The summed E-state index contributed by atoms with van der Waals surface area (Å²) in [5.74, 6) is 0.158. The molecule has 1 heterocycles. The van der Waals surface area contributed by atoms with Crippen molar-refractivity contribution >= 4 is 23.2 Å². The van der Waals surface area contributed by atoms with E-state index < -0.39 is 6.10 Å². The summed E-state index contributed by atoms with van der Waals surface area (Å²) < 4.78 is 0. The van der Waals surface area contributed by atoms with E-state index in [1.54, 1.807) is 0 Å². The number of aliphatic hydroxyl groups is 1. The number of anilines is 1. The molecule has 0 saturated carbocycles. The number of benzene rings is 1. The second kappa shape index (κ2) is 5.38. The molecule has 1 aliphatic rings. The zero-order valence-corrected chi connectivity index (χ0v) is 10.1. The topological polar surface area (TPSA) is 61.4 Å². The Morgan fingerprint density at radius 1 is 1.53 bits per heavy atom. The Morgan fingerprint density at radius 3 is 3.12 bits per heavy atom. The third kappa shape index (κ3) is 2.90. The molecule has 1 amide bonds. The van der Waals surface area contributed by atoms with Crippen LogP contribution in [0.2, 0.25) is 0 Å². The second-order valence-corrected chi connectivity index (χ2v) is 4.38. The molecule has 0 saturated heterocycles. The van der Waals surface area contributed by atoms with Gasteiger partial charge in [0.05, 0.1) is 12.0 Å². The molecule has 17 heavy (non-hydrogen) atoms.